The largest absolute Gasteiger partial charge is 0.398 e. The molecule has 16 heavy (non-hydrogen) atoms. The summed E-state index contributed by atoms with van der Waals surface area (Å²) in [6.07, 6.45) is 3.33. The molecule has 82 valence electrons. The zero-order chi connectivity index (χ0) is 11.5. The highest BCUT2D eigenvalue weighted by atomic mass is 14.8. The van der Waals surface area contributed by atoms with Gasteiger partial charge in [-0.3, -0.25) is 9.97 Å². The molecular weight excluding hydrogens is 200 g/mol. The molecular formula is C12H14N4. The summed E-state index contributed by atoms with van der Waals surface area (Å²) in [5.74, 6) is 0. The zero-order valence-electron chi connectivity index (χ0n) is 9.09. The number of nitrogen functional groups attached to an aromatic ring is 1. The van der Waals surface area contributed by atoms with Gasteiger partial charge in [0.2, 0.25) is 0 Å². The van der Waals surface area contributed by atoms with Crippen molar-refractivity contribution in [3.63, 3.8) is 0 Å². The molecule has 2 rings (SSSR count). The Morgan fingerprint density at radius 2 is 2.06 bits per heavy atom. The quantitative estimate of drug-likeness (QED) is 0.792. The molecule has 2 aromatic heterocycles. The fourth-order valence-electron chi connectivity index (χ4n) is 1.57. The lowest BCUT2D eigenvalue weighted by Crippen LogP contribution is -2.15. The maximum atomic E-state index is 6.10. The van der Waals surface area contributed by atoms with E-state index in [1.807, 2.05) is 25.1 Å². The van der Waals surface area contributed by atoms with Gasteiger partial charge < -0.3 is 11.5 Å². The first-order valence-electron chi connectivity index (χ1n) is 5.07. The van der Waals surface area contributed by atoms with Crippen LogP contribution in [-0.2, 0) is 0 Å². The Balaban J connectivity index is 2.39. The number of nitrogens with zero attached hydrogens (tertiary/aromatic N) is 2. The zero-order valence-corrected chi connectivity index (χ0v) is 9.09. The Morgan fingerprint density at radius 3 is 2.75 bits per heavy atom. The van der Waals surface area contributed by atoms with Gasteiger partial charge in [0, 0.05) is 29.3 Å². The Hall–Kier alpha value is -1.94. The molecule has 0 spiro atoms. The average Bonchev–Trinajstić information content (AvgIpc) is 2.29. The van der Waals surface area contributed by atoms with Gasteiger partial charge in [0.05, 0.1) is 11.7 Å². The van der Waals surface area contributed by atoms with Crippen molar-refractivity contribution in [1.82, 2.24) is 9.97 Å². The van der Waals surface area contributed by atoms with Crippen molar-refractivity contribution in [3.8, 4) is 0 Å². The summed E-state index contributed by atoms with van der Waals surface area (Å²) in [7, 11) is 0. The number of hydrogen-bond acceptors (Lipinski definition) is 4. The maximum Gasteiger partial charge on any atom is 0.0761 e. The Kier molecular flexibility index (Phi) is 2.83. The molecule has 0 aromatic carbocycles. The second-order valence-corrected chi connectivity index (χ2v) is 3.69. The minimum Gasteiger partial charge on any atom is -0.398 e. The summed E-state index contributed by atoms with van der Waals surface area (Å²) < 4.78 is 0. The van der Waals surface area contributed by atoms with Gasteiger partial charge in [-0.05, 0) is 25.1 Å². The van der Waals surface area contributed by atoms with E-state index in [0.717, 1.165) is 17.0 Å². The molecule has 1 atom stereocenters. The molecule has 0 aliphatic carbocycles. The molecule has 4 N–H and O–H groups in total. The highest BCUT2D eigenvalue weighted by Crippen LogP contribution is 2.22. The van der Waals surface area contributed by atoms with E-state index in [-0.39, 0.29) is 6.04 Å². The predicted molar refractivity (Wildman–Crippen MR) is 63.7 cm³/mol. The second kappa shape index (κ2) is 4.28. The van der Waals surface area contributed by atoms with E-state index in [4.69, 9.17) is 11.5 Å². The summed E-state index contributed by atoms with van der Waals surface area (Å²) in [6, 6.07) is 7.18. The van der Waals surface area contributed by atoms with Crippen molar-refractivity contribution in [2.45, 2.75) is 13.0 Å². The predicted octanol–water partition coefficient (Wildman–Crippen LogP) is 1.42. The normalized spacial score (nSPS) is 12.4. The van der Waals surface area contributed by atoms with Gasteiger partial charge in [-0.1, -0.05) is 6.07 Å². The van der Waals surface area contributed by atoms with Crippen LogP contribution in [0.5, 0.6) is 0 Å². The third kappa shape index (κ3) is 2.01. The molecule has 0 saturated carbocycles. The topological polar surface area (TPSA) is 77.8 Å². The van der Waals surface area contributed by atoms with Gasteiger partial charge >= 0.3 is 0 Å². The molecule has 0 aliphatic heterocycles. The van der Waals surface area contributed by atoms with E-state index in [1.165, 1.54) is 0 Å². The van der Waals surface area contributed by atoms with Gasteiger partial charge in [-0.25, -0.2) is 0 Å². The summed E-state index contributed by atoms with van der Waals surface area (Å²) >= 11 is 0. The van der Waals surface area contributed by atoms with E-state index < -0.39 is 0 Å². The summed E-state index contributed by atoms with van der Waals surface area (Å²) in [5, 5.41) is 0. The van der Waals surface area contributed by atoms with Crippen LogP contribution in [0.15, 0.2) is 36.7 Å². The molecule has 0 amide bonds. The van der Waals surface area contributed by atoms with Gasteiger partial charge in [0.1, 0.15) is 0 Å². The molecule has 0 saturated heterocycles. The summed E-state index contributed by atoms with van der Waals surface area (Å²) in [5.41, 5.74) is 15.1. The fraction of sp³-hybridized carbons (Fsp3) is 0.167. The molecule has 0 bridgehead atoms. The third-order valence-corrected chi connectivity index (χ3v) is 2.45. The van der Waals surface area contributed by atoms with Crippen molar-refractivity contribution >= 4 is 5.69 Å². The molecule has 2 aromatic rings. The molecule has 2 heterocycles. The Morgan fingerprint density at radius 1 is 1.25 bits per heavy atom. The van der Waals surface area contributed by atoms with Crippen LogP contribution in [0.25, 0.3) is 0 Å². The molecule has 4 nitrogen and oxygen atoms in total. The Bertz CT molecular complexity index is 496. The van der Waals surface area contributed by atoms with Crippen molar-refractivity contribution in [1.29, 1.82) is 0 Å². The maximum absolute atomic E-state index is 6.10. The van der Waals surface area contributed by atoms with Crippen LogP contribution in [0.4, 0.5) is 5.69 Å². The number of rotatable bonds is 2. The van der Waals surface area contributed by atoms with E-state index >= 15 is 0 Å². The van der Waals surface area contributed by atoms with E-state index in [0.29, 0.717) is 5.69 Å². The van der Waals surface area contributed by atoms with E-state index in [1.54, 1.807) is 18.5 Å². The summed E-state index contributed by atoms with van der Waals surface area (Å²) in [4.78, 5) is 8.41. The number of nitrogens with two attached hydrogens (primary N) is 2. The molecule has 0 radical (unpaired) electrons. The number of anilines is 1. The monoisotopic (exact) mass is 214 g/mol. The SMILES string of the molecule is Cc1cccc(C(N)c2cnccc2N)n1. The van der Waals surface area contributed by atoms with Crippen LogP contribution < -0.4 is 11.5 Å². The van der Waals surface area contributed by atoms with Crippen LogP contribution in [0.3, 0.4) is 0 Å². The van der Waals surface area contributed by atoms with Gasteiger partial charge in [0.25, 0.3) is 0 Å². The third-order valence-electron chi connectivity index (χ3n) is 2.45. The van der Waals surface area contributed by atoms with Crippen LogP contribution in [0, 0.1) is 6.92 Å². The van der Waals surface area contributed by atoms with Crippen LogP contribution in [0.2, 0.25) is 0 Å². The van der Waals surface area contributed by atoms with Crippen molar-refractivity contribution < 1.29 is 0 Å². The highest BCUT2D eigenvalue weighted by molar-refractivity contribution is 5.48. The first-order chi connectivity index (χ1) is 7.68. The molecule has 4 heteroatoms. The van der Waals surface area contributed by atoms with Crippen LogP contribution in [-0.4, -0.2) is 9.97 Å². The van der Waals surface area contributed by atoms with Crippen LogP contribution in [0.1, 0.15) is 23.0 Å². The number of hydrogen-bond donors (Lipinski definition) is 2. The van der Waals surface area contributed by atoms with Crippen LogP contribution >= 0.6 is 0 Å². The van der Waals surface area contributed by atoms with Crippen molar-refractivity contribution in [2.75, 3.05) is 5.73 Å². The first-order valence-corrected chi connectivity index (χ1v) is 5.07. The Labute approximate surface area is 94.3 Å². The van der Waals surface area contributed by atoms with Crippen molar-refractivity contribution in [2.24, 2.45) is 5.73 Å². The minimum absolute atomic E-state index is 0.325. The molecule has 1 unspecified atom stereocenters. The molecule has 0 aliphatic rings. The van der Waals surface area contributed by atoms with E-state index in [9.17, 15) is 0 Å². The number of aryl methyl sites for hydroxylation is 1. The van der Waals surface area contributed by atoms with Gasteiger partial charge in [-0.2, -0.15) is 0 Å². The average molecular weight is 214 g/mol. The lowest BCUT2D eigenvalue weighted by Gasteiger charge is -2.13. The number of pyridine rings is 2. The smallest absolute Gasteiger partial charge is 0.0761 e. The minimum atomic E-state index is -0.325. The van der Waals surface area contributed by atoms with Gasteiger partial charge in [0.15, 0.2) is 0 Å². The number of aromatic nitrogens is 2. The first kappa shape index (κ1) is 10.6. The molecule has 0 fully saturated rings. The lowest BCUT2D eigenvalue weighted by atomic mass is 10.0. The second-order valence-electron chi connectivity index (χ2n) is 3.69. The van der Waals surface area contributed by atoms with Gasteiger partial charge in [-0.15, -0.1) is 0 Å². The fourth-order valence-corrected chi connectivity index (χ4v) is 1.57. The van der Waals surface area contributed by atoms with E-state index in [2.05, 4.69) is 9.97 Å². The van der Waals surface area contributed by atoms with Crippen molar-refractivity contribution in [3.05, 3.63) is 53.6 Å². The standard InChI is InChI=1S/C12H14N4/c1-8-3-2-4-11(16-8)12(14)9-7-15-6-5-10(9)13/h2-7,12H,14H2,1H3,(H2,13,15). The highest BCUT2D eigenvalue weighted by Gasteiger charge is 2.13. The lowest BCUT2D eigenvalue weighted by molar-refractivity contribution is 0.818. The summed E-state index contributed by atoms with van der Waals surface area (Å²) in [6.45, 7) is 1.93.